The maximum absolute atomic E-state index is 12.4. The van der Waals surface area contributed by atoms with Crippen molar-refractivity contribution in [2.24, 2.45) is 0 Å². The molecule has 3 aromatic rings. The van der Waals surface area contributed by atoms with Crippen LogP contribution in [-0.2, 0) is 19.6 Å². The first-order valence-electron chi connectivity index (χ1n) is 9.76. The van der Waals surface area contributed by atoms with Crippen molar-refractivity contribution in [3.63, 3.8) is 0 Å². The fraction of sp³-hybridized carbons (Fsp3) is 0.526. The Bertz CT molecular complexity index is 922. The number of fused-ring (bicyclic) bond motifs is 2. The van der Waals surface area contributed by atoms with E-state index in [-0.39, 0.29) is 5.91 Å². The van der Waals surface area contributed by atoms with E-state index in [1.165, 1.54) is 49.1 Å². The van der Waals surface area contributed by atoms with Gasteiger partial charge in [0.25, 0.3) is 5.91 Å². The summed E-state index contributed by atoms with van der Waals surface area (Å²) in [4.78, 5) is 20.2. The van der Waals surface area contributed by atoms with Crippen molar-refractivity contribution in [1.82, 2.24) is 29.4 Å². The third kappa shape index (κ3) is 3.39. The van der Waals surface area contributed by atoms with Crippen LogP contribution in [0.2, 0.25) is 0 Å². The van der Waals surface area contributed by atoms with E-state index in [4.69, 9.17) is 0 Å². The predicted octanol–water partition coefficient (Wildman–Crippen LogP) is 2.67. The van der Waals surface area contributed by atoms with Crippen molar-refractivity contribution in [2.75, 3.05) is 6.54 Å². The summed E-state index contributed by atoms with van der Waals surface area (Å²) < 4.78 is 3.97. The van der Waals surface area contributed by atoms with Crippen LogP contribution >= 0.6 is 11.3 Å². The lowest BCUT2D eigenvalue weighted by atomic mass is 9.94. The first-order chi connectivity index (χ1) is 13.3. The van der Waals surface area contributed by atoms with Crippen LogP contribution < -0.4 is 5.32 Å². The number of hydrogen-bond acceptors (Lipinski definition) is 5. The summed E-state index contributed by atoms with van der Waals surface area (Å²) in [5, 5.41) is 9.59. The molecule has 0 unspecified atom stereocenters. The van der Waals surface area contributed by atoms with E-state index in [0.717, 1.165) is 36.3 Å². The summed E-state index contributed by atoms with van der Waals surface area (Å²) in [6.45, 7) is 3.43. The number of carbonyl (C=O) groups is 1. The maximum Gasteiger partial charge on any atom is 0.271 e. The van der Waals surface area contributed by atoms with Crippen LogP contribution in [0.4, 0.5) is 0 Å². The SMILES string of the molecule is O=C(NCc1cc2n(n1)CCN(C1CCCCC1)C2)c1cn2ccsc2n1. The van der Waals surface area contributed by atoms with Crippen LogP contribution in [-0.4, -0.2) is 42.6 Å². The van der Waals surface area contributed by atoms with Crippen molar-refractivity contribution in [3.05, 3.63) is 40.9 Å². The summed E-state index contributed by atoms with van der Waals surface area (Å²) in [6.07, 6.45) is 10.5. The fourth-order valence-electron chi connectivity index (χ4n) is 4.29. The maximum atomic E-state index is 12.4. The molecule has 142 valence electrons. The van der Waals surface area contributed by atoms with Crippen molar-refractivity contribution in [3.8, 4) is 0 Å². The highest BCUT2D eigenvalue weighted by atomic mass is 32.1. The Kier molecular flexibility index (Phi) is 4.45. The molecule has 8 heteroatoms. The third-order valence-corrected chi connectivity index (χ3v) is 6.50. The van der Waals surface area contributed by atoms with Crippen LogP contribution in [0.3, 0.4) is 0 Å². The largest absolute Gasteiger partial charge is 0.345 e. The Hall–Kier alpha value is -2.19. The average molecular weight is 385 g/mol. The van der Waals surface area contributed by atoms with E-state index in [0.29, 0.717) is 12.2 Å². The summed E-state index contributed by atoms with van der Waals surface area (Å²) in [5.74, 6) is -0.152. The monoisotopic (exact) mass is 384 g/mol. The molecule has 4 heterocycles. The Labute approximate surface area is 162 Å². The zero-order chi connectivity index (χ0) is 18.2. The van der Waals surface area contributed by atoms with Crippen LogP contribution in [0.5, 0.6) is 0 Å². The molecule has 3 aromatic heterocycles. The Balaban J connectivity index is 1.21. The number of carbonyl (C=O) groups excluding carboxylic acids is 1. The summed E-state index contributed by atoms with van der Waals surface area (Å²) in [6, 6.07) is 2.88. The summed E-state index contributed by atoms with van der Waals surface area (Å²) >= 11 is 1.52. The molecule has 1 N–H and O–H groups in total. The molecule has 2 aliphatic rings. The first-order valence-corrected chi connectivity index (χ1v) is 10.6. The number of nitrogens with zero attached hydrogens (tertiary/aromatic N) is 5. The molecule has 1 aliphatic heterocycles. The number of aromatic nitrogens is 4. The average Bonchev–Trinajstić information content (AvgIpc) is 3.40. The van der Waals surface area contributed by atoms with Crippen molar-refractivity contribution in [1.29, 1.82) is 0 Å². The molecule has 5 rings (SSSR count). The quantitative estimate of drug-likeness (QED) is 0.751. The Morgan fingerprint density at radius 3 is 3.00 bits per heavy atom. The minimum Gasteiger partial charge on any atom is -0.345 e. The lowest BCUT2D eigenvalue weighted by molar-refractivity contribution is 0.0946. The molecule has 0 atom stereocenters. The summed E-state index contributed by atoms with van der Waals surface area (Å²) in [5.41, 5.74) is 2.64. The van der Waals surface area contributed by atoms with Gasteiger partial charge in [0.05, 0.1) is 24.5 Å². The number of thiazole rings is 1. The Morgan fingerprint density at radius 2 is 2.15 bits per heavy atom. The topological polar surface area (TPSA) is 67.5 Å². The highest BCUT2D eigenvalue weighted by Crippen LogP contribution is 2.26. The lowest BCUT2D eigenvalue weighted by Gasteiger charge is -2.36. The Morgan fingerprint density at radius 1 is 1.26 bits per heavy atom. The zero-order valence-corrected chi connectivity index (χ0v) is 16.1. The van der Waals surface area contributed by atoms with Crippen molar-refractivity contribution < 1.29 is 4.79 Å². The van der Waals surface area contributed by atoms with E-state index in [1.54, 1.807) is 6.20 Å². The van der Waals surface area contributed by atoms with E-state index in [2.05, 4.69) is 31.0 Å². The second-order valence-corrected chi connectivity index (χ2v) is 8.39. The van der Waals surface area contributed by atoms with Gasteiger partial charge in [-0.3, -0.25) is 18.8 Å². The highest BCUT2D eigenvalue weighted by Gasteiger charge is 2.26. The molecule has 1 amide bonds. The van der Waals surface area contributed by atoms with Gasteiger partial charge in [-0.15, -0.1) is 11.3 Å². The number of rotatable bonds is 4. The lowest BCUT2D eigenvalue weighted by Crippen LogP contribution is -2.42. The van der Waals surface area contributed by atoms with Crippen LogP contribution in [0, 0.1) is 0 Å². The van der Waals surface area contributed by atoms with Crippen LogP contribution in [0.15, 0.2) is 23.8 Å². The van der Waals surface area contributed by atoms with Gasteiger partial charge in [-0.25, -0.2) is 4.98 Å². The zero-order valence-electron chi connectivity index (χ0n) is 15.3. The number of amides is 1. The molecule has 1 saturated carbocycles. The van der Waals surface area contributed by atoms with Gasteiger partial charge in [0.2, 0.25) is 0 Å². The van der Waals surface area contributed by atoms with Gasteiger partial charge in [-0.05, 0) is 18.9 Å². The highest BCUT2D eigenvalue weighted by molar-refractivity contribution is 7.15. The molecule has 1 fully saturated rings. The first kappa shape index (κ1) is 16.9. The number of hydrogen-bond donors (Lipinski definition) is 1. The van der Waals surface area contributed by atoms with Gasteiger partial charge < -0.3 is 5.32 Å². The second-order valence-electron chi connectivity index (χ2n) is 7.51. The fourth-order valence-corrected chi connectivity index (χ4v) is 4.99. The standard InChI is InChI=1S/C19H24N6OS/c26-18(17-13-24-8-9-27-19(24)21-17)20-11-14-10-16-12-23(6-7-25(16)22-14)15-4-2-1-3-5-15/h8-10,13,15H,1-7,11-12H2,(H,20,26). The summed E-state index contributed by atoms with van der Waals surface area (Å²) in [7, 11) is 0. The normalized spacial score (nSPS) is 18.7. The molecular weight excluding hydrogens is 360 g/mol. The van der Waals surface area contributed by atoms with E-state index in [9.17, 15) is 4.79 Å². The van der Waals surface area contributed by atoms with Gasteiger partial charge in [0.15, 0.2) is 4.96 Å². The molecule has 0 saturated heterocycles. The molecule has 27 heavy (non-hydrogen) atoms. The van der Waals surface area contributed by atoms with Gasteiger partial charge in [0, 0.05) is 36.9 Å². The van der Waals surface area contributed by atoms with Crippen molar-refractivity contribution >= 4 is 22.2 Å². The van der Waals surface area contributed by atoms with Gasteiger partial charge in [-0.1, -0.05) is 19.3 Å². The molecule has 7 nitrogen and oxygen atoms in total. The van der Waals surface area contributed by atoms with Gasteiger partial charge in [-0.2, -0.15) is 5.10 Å². The minimum absolute atomic E-state index is 0.152. The number of imidazole rings is 1. The molecule has 0 spiro atoms. The molecule has 0 bridgehead atoms. The second kappa shape index (κ2) is 7.09. The minimum atomic E-state index is -0.152. The smallest absolute Gasteiger partial charge is 0.271 e. The molecule has 1 aliphatic carbocycles. The van der Waals surface area contributed by atoms with E-state index in [1.807, 2.05) is 16.0 Å². The molecule has 0 radical (unpaired) electrons. The van der Waals surface area contributed by atoms with Crippen molar-refractivity contribution in [2.45, 2.75) is 57.8 Å². The molecule has 0 aromatic carbocycles. The molecular formula is C19H24N6OS. The van der Waals surface area contributed by atoms with Gasteiger partial charge in [0.1, 0.15) is 5.69 Å². The third-order valence-electron chi connectivity index (χ3n) is 5.73. The predicted molar refractivity (Wildman–Crippen MR) is 104 cm³/mol. The van der Waals surface area contributed by atoms with E-state index < -0.39 is 0 Å². The van der Waals surface area contributed by atoms with Crippen LogP contribution in [0.1, 0.15) is 54.0 Å². The van der Waals surface area contributed by atoms with Crippen LogP contribution in [0.25, 0.3) is 4.96 Å². The number of nitrogens with one attached hydrogen (secondary N) is 1. The van der Waals surface area contributed by atoms with Gasteiger partial charge >= 0.3 is 0 Å². The van der Waals surface area contributed by atoms with E-state index >= 15 is 0 Å².